The lowest BCUT2D eigenvalue weighted by molar-refractivity contribution is 0.426. The molecule has 0 saturated heterocycles. The molecule has 0 aliphatic rings. The van der Waals surface area contributed by atoms with Gasteiger partial charge in [-0.05, 0) is 42.8 Å². The highest BCUT2D eigenvalue weighted by molar-refractivity contribution is 9.10. The average molecular weight is 374 g/mol. The second-order valence-electron chi connectivity index (χ2n) is 5.80. The van der Waals surface area contributed by atoms with E-state index in [-0.39, 0.29) is 5.54 Å². The van der Waals surface area contributed by atoms with E-state index < -0.39 is 0 Å². The summed E-state index contributed by atoms with van der Waals surface area (Å²) < 4.78 is 1.15. The lowest BCUT2D eigenvalue weighted by Crippen LogP contribution is -2.34. The van der Waals surface area contributed by atoms with Crippen molar-refractivity contribution in [1.82, 2.24) is 10.3 Å². The summed E-state index contributed by atoms with van der Waals surface area (Å²) in [5, 5.41) is 6.68. The zero-order valence-corrected chi connectivity index (χ0v) is 15.5. The summed E-state index contributed by atoms with van der Waals surface area (Å²) in [6.45, 7) is 8.30. The van der Waals surface area contributed by atoms with Crippen molar-refractivity contribution < 1.29 is 0 Å². The molecule has 2 aromatic heterocycles. The molecule has 0 saturated carbocycles. The van der Waals surface area contributed by atoms with Crippen molar-refractivity contribution in [3.8, 4) is 0 Å². The van der Waals surface area contributed by atoms with Crippen molar-refractivity contribution in [3.05, 3.63) is 31.9 Å². The molecule has 3 nitrogen and oxygen atoms in total. The van der Waals surface area contributed by atoms with E-state index >= 15 is 0 Å². The van der Waals surface area contributed by atoms with E-state index in [0.29, 0.717) is 0 Å². The van der Waals surface area contributed by atoms with E-state index in [9.17, 15) is 0 Å². The van der Waals surface area contributed by atoms with Gasteiger partial charge in [0.2, 0.25) is 0 Å². The van der Waals surface area contributed by atoms with Crippen LogP contribution in [0.15, 0.2) is 22.1 Å². The van der Waals surface area contributed by atoms with Crippen LogP contribution in [0.2, 0.25) is 0 Å². The molecular formula is C14H20BrN3S2. The van der Waals surface area contributed by atoms with Gasteiger partial charge in [0.1, 0.15) is 0 Å². The van der Waals surface area contributed by atoms with Gasteiger partial charge in [0.15, 0.2) is 5.13 Å². The van der Waals surface area contributed by atoms with Crippen LogP contribution in [0.1, 0.15) is 30.5 Å². The summed E-state index contributed by atoms with van der Waals surface area (Å²) in [5.41, 5.74) is 0.138. The van der Waals surface area contributed by atoms with Gasteiger partial charge in [0, 0.05) is 44.9 Å². The number of thiophene rings is 1. The van der Waals surface area contributed by atoms with Gasteiger partial charge in [0.25, 0.3) is 0 Å². The van der Waals surface area contributed by atoms with Crippen LogP contribution in [-0.4, -0.2) is 17.6 Å². The van der Waals surface area contributed by atoms with Crippen LogP contribution >= 0.6 is 38.6 Å². The van der Waals surface area contributed by atoms with Crippen LogP contribution in [0, 0.1) is 0 Å². The van der Waals surface area contributed by atoms with Crippen molar-refractivity contribution in [2.45, 2.75) is 39.4 Å². The van der Waals surface area contributed by atoms with Crippen molar-refractivity contribution in [3.63, 3.8) is 0 Å². The second kappa shape index (κ2) is 6.56. The summed E-state index contributed by atoms with van der Waals surface area (Å²) >= 11 is 7.01. The van der Waals surface area contributed by atoms with Gasteiger partial charge >= 0.3 is 0 Å². The second-order valence-corrected chi connectivity index (χ2v) is 8.81. The molecule has 0 unspecified atom stereocenters. The fraction of sp³-hybridized carbons (Fsp3) is 0.500. The first kappa shape index (κ1) is 15.9. The van der Waals surface area contributed by atoms with Gasteiger partial charge in [-0.25, -0.2) is 4.98 Å². The summed E-state index contributed by atoms with van der Waals surface area (Å²) in [5.74, 6) is 0. The number of anilines is 1. The Bertz CT molecular complexity index is 557. The van der Waals surface area contributed by atoms with Gasteiger partial charge in [-0.2, -0.15) is 0 Å². The van der Waals surface area contributed by atoms with Crippen LogP contribution in [0.25, 0.3) is 0 Å². The molecule has 0 aliphatic heterocycles. The van der Waals surface area contributed by atoms with Crippen LogP contribution in [0.4, 0.5) is 5.13 Å². The average Bonchev–Trinajstić information content (AvgIpc) is 2.95. The molecule has 2 aromatic rings. The minimum atomic E-state index is 0.138. The van der Waals surface area contributed by atoms with Crippen LogP contribution in [0.3, 0.4) is 0 Å². The molecule has 0 aromatic carbocycles. The number of rotatable bonds is 5. The molecule has 0 spiro atoms. The Labute approximate surface area is 137 Å². The SMILES string of the molecule is CN(Cc1cc(Br)cs1)c1ncc(CNC(C)(C)C)s1. The van der Waals surface area contributed by atoms with E-state index in [0.717, 1.165) is 22.7 Å². The Kier molecular flexibility index (Phi) is 5.23. The normalized spacial score (nSPS) is 11.8. The molecule has 2 rings (SSSR count). The highest BCUT2D eigenvalue weighted by atomic mass is 79.9. The van der Waals surface area contributed by atoms with Crippen LogP contribution < -0.4 is 10.2 Å². The van der Waals surface area contributed by atoms with Gasteiger partial charge in [-0.3, -0.25) is 0 Å². The number of hydrogen-bond acceptors (Lipinski definition) is 5. The molecule has 0 atom stereocenters. The zero-order valence-electron chi connectivity index (χ0n) is 12.2. The smallest absolute Gasteiger partial charge is 0.185 e. The standard InChI is InChI=1S/C14H20BrN3S2/c1-14(2,3)17-7-12-6-16-13(20-12)18(4)8-11-5-10(15)9-19-11/h5-6,9,17H,7-8H2,1-4H3. The summed E-state index contributed by atoms with van der Waals surface area (Å²) in [6, 6.07) is 2.16. The highest BCUT2D eigenvalue weighted by Crippen LogP contribution is 2.26. The van der Waals surface area contributed by atoms with Gasteiger partial charge in [-0.1, -0.05) is 0 Å². The number of halogens is 1. The molecule has 6 heteroatoms. The Hall–Kier alpha value is -0.430. The van der Waals surface area contributed by atoms with Crippen molar-refractivity contribution in [2.75, 3.05) is 11.9 Å². The van der Waals surface area contributed by atoms with Gasteiger partial charge in [-0.15, -0.1) is 22.7 Å². The van der Waals surface area contributed by atoms with Crippen molar-refractivity contribution in [2.24, 2.45) is 0 Å². The van der Waals surface area contributed by atoms with E-state index in [4.69, 9.17) is 0 Å². The molecule has 0 aliphatic carbocycles. The summed E-state index contributed by atoms with van der Waals surface area (Å²) in [7, 11) is 2.09. The topological polar surface area (TPSA) is 28.2 Å². The maximum absolute atomic E-state index is 4.52. The van der Waals surface area contributed by atoms with Gasteiger partial charge in [0.05, 0.1) is 6.54 Å². The molecule has 0 radical (unpaired) electrons. The zero-order chi connectivity index (χ0) is 14.8. The number of hydrogen-bond donors (Lipinski definition) is 1. The molecule has 1 N–H and O–H groups in total. The maximum atomic E-state index is 4.52. The highest BCUT2D eigenvalue weighted by Gasteiger charge is 2.12. The number of thiazole rings is 1. The predicted molar refractivity (Wildman–Crippen MR) is 92.8 cm³/mol. The van der Waals surface area contributed by atoms with Crippen LogP contribution in [0.5, 0.6) is 0 Å². The molecule has 0 amide bonds. The molecule has 110 valence electrons. The largest absolute Gasteiger partial charge is 0.346 e. The molecule has 20 heavy (non-hydrogen) atoms. The Morgan fingerprint density at radius 1 is 1.35 bits per heavy atom. The third-order valence-electron chi connectivity index (χ3n) is 2.68. The van der Waals surface area contributed by atoms with Crippen molar-refractivity contribution >= 4 is 43.7 Å². The summed E-state index contributed by atoms with van der Waals surface area (Å²) in [4.78, 5) is 9.32. The predicted octanol–water partition coefficient (Wildman–Crippen LogP) is 4.49. The Morgan fingerprint density at radius 3 is 2.70 bits per heavy atom. The minimum Gasteiger partial charge on any atom is -0.346 e. The third-order valence-corrected chi connectivity index (χ3v) is 5.47. The molecule has 0 bridgehead atoms. The van der Waals surface area contributed by atoms with E-state index in [1.165, 1.54) is 9.75 Å². The van der Waals surface area contributed by atoms with Crippen LogP contribution in [-0.2, 0) is 13.1 Å². The first-order valence-corrected chi connectivity index (χ1v) is 8.96. The van der Waals surface area contributed by atoms with E-state index in [2.05, 4.69) is 70.4 Å². The lowest BCUT2D eigenvalue weighted by atomic mass is 10.1. The quantitative estimate of drug-likeness (QED) is 0.836. The van der Waals surface area contributed by atoms with E-state index in [1.54, 1.807) is 22.7 Å². The number of nitrogens with one attached hydrogen (secondary N) is 1. The number of nitrogens with zero attached hydrogens (tertiary/aromatic N) is 2. The minimum absolute atomic E-state index is 0.138. The molecule has 2 heterocycles. The first-order valence-electron chi connectivity index (χ1n) is 6.47. The number of aromatic nitrogens is 1. The van der Waals surface area contributed by atoms with Gasteiger partial charge < -0.3 is 10.2 Å². The Morgan fingerprint density at radius 2 is 2.10 bits per heavy atom. The maximum Gasteiger partial charge on any atom is 0.185 e. The molecular weight excluding hydrogens is 354 g/mol. The fourth-order valence-electron chi connectivity index (χ4n) is 1.65. The van der Waals surface area contributed by atoms with Crippen molar-refractivity contribution in [1.29, 1.82) is 0 Å². The lowest BCUT2D eigenvalue weighted by Gasteiger charge is -2.19. The summed E-state index contributed by atoms with van der Waals surface area (Å²) in [6.07, 6.45) is 1.97. The fourth-order valence-corrected chi connectivity index (χ4v) is 3.96. The monoisotopic (exact) mass is 373 g/mol. The first-order chi connectivity index (χ1) is 9.33. The molecule has 0 fully saturated rings. The van der Waals surface area contributed by atoms with E-state index in [1.807, 2.05) is 6.20 Å². The third kappa shape index (κ3) is 4.84. The Balaban J connectivity index is 1.94.